The standard InChI is InChI=1S/C31H56O5/c1-3-5-6-9-24-11-13-25(14-12-24)26-15-17-27(18-16-26)31(36-33)28-19-21-30(22-20-28)34-23-8-7-10-29(4-2)35-32/h4,24-33H,2-3,5-23H2,1H3. The Kier molecular flexibility index (Phi) is 14.4. The molecule has 2 unspecified atom stereocenters. The predicted molar refractivity (Wildman–Crippen MR) is 146 cm³/mol. The third-order valence-electron chi connectivity index (χ3n) is 10.00. The topological polar surface area (TPSA) is 68.2 Å². The molecule has 3 fully saturated rings. The van der Waals surface area contributed by atoms with Crippen molar-refractivity contribution in [3.8, 4) is 0 Å². The zero-order valence-electron chi connectivity index (χ0n) is 23.2. The van der Waals surface area contributed by atoms with E-state index in [2.05, 4.69) is 18.4 Å². The normalized spacial score (nSPS) is 33.2. The lowest BCUT2D eigenvalue weighted by atomic mass is 9.66. The van der Waals surface area contributed by atoms with Gasteiger partial charge in [-0.2, -0.15) is 0 Å². The summed E-state index contributed by atoms with van der Waals surface area (Å²) in [7, 11) is 0. The van der Waals surface area contributed by atoms with E-state index in [1.807, 2.05) is 0 Å². The number of unbranched alkanes of at least 4 members (excludes halogenated alkanes) is 3. The Bertz CT molecular complexity index is 559. The summed E-state index contributed by atoms with van der Waals surface area (Å²) in [6.07, 6.45) is 25.3. The summed E-state index contributed by atoms with van der Waals surface area (Å²) < 4.78 is 6.12. The van der Waals surface area contributed by atoms with Crippen LogP contribution in [-0.4, -0.2) is 35.4 Å². The van der Waals surface area contributed by atoms with Crippen LogP contribution in [0.2, 0.25) is 0 Å². The molecule has 0 bridgehead atoms. The number of rotatable bonds is 16. The van der Waals surface area contributed by atoms with E-state index in [0.29, 0.717) is 17.9 Å². The van der Waals surface area contributed by atoms with Crippen LogP contribution in [0.4, 0.5) is 0 Å². The van der Waals surface area contributed by atoms with Crippen molar-refractivity contribution < 1.29 is 25.0 Å². The van der Waals surface area contributed by atoms with Crippen molar-refractivity contribution >= 4 is 0 Å². The third-order valence-corrected chi connectivity index (χ3v) is 10.00. The van der Waals surface area contributed by atoms with Gasteiger partial charge in [0.2, 0.25) is 0 Å². The highest BCUT2D eigenvalue weighted by Gasteiger charge is 2.38. The van der Waals surface area contributed by atoms with Gasteiger partial charge in [-0.1, -0.05) is 51.5 Å². The second-order valence-electron chi connectivity index (χ2n) is 12.3. The molecule has 2 N–H and O–H groups in total. The molecule has 210 valence electrons. The Balaban J connectivity index is 1.29. The van der Waals surface area contributed by atoms with Crippen molar-refractivity contribution in [1.82, 2.24) is 0 Å². The summed E-state index contributed by atoms with van der Waals surface area (Å²) in [5.74, 6) is 3.84. The van der Waals surface area contributed by atoms with Gasteiger partial charge in [0.1, 0.15) is 6.10 Å². The zero-order valence-corrected chi connectivity index (χ0v) is 23.2. The summed E-state index contributed by atoms with van der Waals surface area (Å²) in [6.45, 7) is 6.72. The molecular weight excluding hydrogens is 452 g/mol. The fraction of sp³-hybridized carbons (Fsp3) is 0.935. The first-order valence-electron chi connectivity index (χ1n) is 15.5. The molecular formula is C31H56O5. The van der Waals surface area contributed by atoms with Crippen molar-refractivity contribution in [3.05, 3.63) is 12.7 Å². The highest BCUT2D eigenvalue weighted by atomic mass is 17.1. The molecule has 2 atom stereocenters. The van der Waals surface area contributed by atoms with E-state index in [-0.39, 0.29) is 12.2 Å². The van der Waals surface area contributed by atoms with E-state index < -0.39 is 0 Å². The van der Waals surface area contributed by atoms with Crippen LogP contribution in [-0.2, 0) is 14.5 Å². The van der Waals surface area contributed by atoms with Crippen LogP contribution >= 0.6 is 0 Å². The summed E-state index contributed by atoms with van der Waals surface area (Å²) in [4.78, 5) is 9.54. The highest BCUT2D eigenvalue weighted by Crippen LogP contribution is 2.45. The molecule has 0 saturated heterocycles. The van der Waals surface area contributed by atoms with Crippen LogP contribution in [0.15, 0.2) is 12.7 Å². The summed E-state index contributed by atoms with van der Waals surface area (Å²) in [6, 6.07) is 0. The SMILES string of the molecule is C=CC(CCCCOC1CCC(C(OO)C2CCC(C3CCC(CCCCC)CC3)CC2)CC1)OO. The Morgan fingerprint density at radius 2 is 1.36 bits per heavy atom. The zero-order chi connectivity index (χ0) is 25.6. The maximum atomic E-state index is 9.85. The summed E-state index contributed by atoms with van der Waals surface area (Å²) in [5.41, 5.74) is 0. The first-order chi connectivity index (χ1) is 17.7. The largest absolute Gasteiger partial charge is 0.378 e. The van der Waals surface area contributed by atoms with Crippen LogP contribution in [0.5, 0.6) is 0 Å². The van der Waals surface area contributed by atoms with Gasteiger partial charge in [0.25, 0.3) is 0 Å². The molecule has 0 radical (unpaired) electrons. The van der Waals surface area contributed by atoms with Gasteiger partial charge in [-0.25, -0.2) is 9.78 Å². The van der Waals surface area contributed by atoms with Gasteiger partial charge in [-0.3, -0.25) is 10.5 Å². The molecule has 36 heavy (non-hydrogen) atoms. The first kappa shape index (κ1) is 30.1. The number of hydrogen-bond acceptors (Lipinski definition) is 5. The lowest BCUT2D eigenvalue weighted by molar-refractivity contribution is -0.307. The van der Waals surface area contributed by atoms with E-state index in [9.17, 15) is 5.26 Å². The highest BCUT2D eigenvalue weighted by molar-refractivity contribution is 4.88. The second-order valence-corrected chi connectivity index (χ2v) is 12.3. The van der Waals surface area contributed by atoms with Gasteiger partial charge in [-0.05, 0) is 113 Å². The van der Waals surface area contributed by atoms with Crippen LogP contribution in [0.3, 0.4) is 0 Å². The van der Waals surface area contributed by atoms with Crippen molar-refractivity contribution in [1.29, 1.82) is 0 Å². The van der Waals surface area contributed by atoms with E-state index in [4.69, 9.17) is 14.9 Å². The molecule has 3 saturated carbocycles. The van der Waals surface area contributed by atoms with Gasteiger partial charge >= 0.3 is 0 Å². The molecule has 0 amide bonds. The number of ether oxygens (including phenoxy) is 1. The van der Waals surface area contributed by atoms with E-state index >= 15 is 0 Å². The lowest BCUT2D eigenvalue weighted by Gasteiger charge is -2.41. The first-order valence-corrected chi connectivity index (χ1v) is 15.5. The molecule has 0 heterocycles. The van der Waals surface area contributed by atoms with E-state index in [1.165, 1.54) is 77.0 Å². The summed E-state index contributed by atoms with van der Waals surface area (Å²) >= 11 is 0. The van der Waals surface area contributed by atoms with E-state index in [0.717, 1.165) is 69.3 Å². The molecule has 0 aromatic heterocycles. The molecule has 0 aromatic rings. The summed E-state index contributed by atoms with van der Waals surface area (Å²) in [5, 5.41) is 18.6. The van der Waals surface area contributed by atoms with E-state index in [1.54, 1.807) is 6.08 Å². The monoisotopic (exact) mass is 508 g/mol. The average Bonchev–Trinajstić information content (AvgIpc) is 2.93. The number of hydrogen-bond donors (Lipinski definition) is 2. The molecule has 0 aromatic carbocycles. The minimum atomic E-state index is -0.277. The Labute approximate surface area is 221 Å². The maximum absolute atomic E-state index is 9.85. The van der Waals surface area contributed by atoms with Crippen LogP contribution in [0, 0.1) is 29.6 Å². The minimum Gasteiger partial charge on any atom is -0.378 e. The quantitative estimate of drug-likeness (QED) is 0.0943. The Morgan fingerprint density at radius 1 is 0.750 bits per heavy atom. The van der Waals surface area contributed by atoms with Gasteiger partial charge in [-0.15, -0.1) is 6.58 Å². The van der Waals surface area contributed by atoms with Crippen molar-refractivity contribution in [3.63, 3.8) is 0 Å². The van der Waals surface area contributed by atoms with Crippen molar-refractivity contribution in [2.24, 2.45) is 29.6 Å². The van der Waals surface area contributed by atoms with Crippen molar-refractivity contribution in [2.45, 2.75) is 147 Å². The molecule has 3 aliphatic carbocycles. The smallest absolute Gasteiger partial charge is 0.111 e. The van der Waals surface area contributed by atoms with Crippen molar-refractivity contribution in [2.75, 3.05) is 6.61 Å². The molecule has 3 aliphatic rings. The van der Waals surface area contributed by atoms with Gasteiger partial charge < -0.3 is 4.74 Å². The van der Waals surface area contributed by atoms with Crippen LogP contribution in [0.1, 0.15) is 129 Å². The predicted octanol–water partition coefficient (Wildman–Crippen LogP) is 8.83. The van der Waals surface area contributed by atoms with Gasteiger partial charge in [0.05, 0.1) is 12.2 Å². The minimum absolute atomic E-state index is 0.00974. The molecule has 0 aliphatic heterocycles. The molecule has 5 heteroatoms. The Morgan fingerprint density at radius 3 is 1.92 bits per heavy atom. The Hall–Kier alpha value is -0.460. The average molecular weight is 509 g/mol. The molecule has 5 nitrogen and oxygen atoms in total. The third kappa shape index (κ3) is 9.69. The van der Waals surface area contributed by atoms with Crippen LogP contribution in [0.25, 0.3) is 0 Å². The maximum Gasteiger partial charge on any atom is 0.111 e. The molecule has 0 spiro atoms. The van der Waals surface area contributed by atoms with Crippen LogP contribution < -0.4 is 0 Å². The second kappa shape index (κ2) is 17.2. The van der Waals surface area contributed by atoms with Gasteiger partial charge in [0, 0.05) is 6.61 Å². The molecule has 3 rings (SSSR count). The fourth-order valence-electron chi connectivity index (χ4n) is 7.63. The van der Waals surface area contributed by atoms with Gasteiger partial charge in [0.15, 0.2) is 0 Å². The fourth-order valence-corrected chi connectivity index (χ4v) is 7.63. The lowest BCUT2D eigenvalue weighted by Crippen LogP contribution is -2.38.